The second-order valence-electron chi connectivity index (χ2n) is 5.43. The van der Waals surface area contributed by atoms with E-state index < -0.39 is 23.5 Å². The van der Waals surface area contributed by atoms with E-state index in [9.17, 15) is 22.8 Å². The predicted octanol–water partition coefficient (Wildman–Crippen LogP) is 1.90. The molecule has 1 fully saturated rings. The van der Waals surface area contributed by atoms with Crippen molar-refractivity contribution in [2.24, 2.45) is 0 Å². The molecule has 7 nitrogen and oxygen atoms in total. The van der Waals surface area contributed by atoms with Gasteiger partial charge in [-0.15, -0.1) is 0 Å². The Balaban J connectivity index is 1.99. The van der Waals surface area contributed by atoms with E-state index in [1.807, 2.05) is 0 Å². The molecular formula is C13H13F3N4O3. The average molecular weight is 330 g/mol. The standard InChI is InChI=1S/C13H13F3N4O3/c14-13(15,16)9-6-10-17-11(21)5-8(20(10)18-9)7-1-3-19(4-2-7)12(22)23/h5-7H,1-4H2,(H,17,21)(H,22,23). The highest BCUT2D eigenvalue weighted by Gasteiger charge is 2.35. The zero-order chi connectivity index (χ0) is 16.8. The van der Waals surface area contributed by atoms with E-state index >= 15 is 0 Å². The third-order valence-corrected chi connectivity index (χ3v) is 3.96. The number of aromatic amines is 1. The molecule has 10 heteroatoms. The van der Waals surface area contributed by atoms with Gasteiger partial charge in [-0.2, -0.15) is 18.3 Å². The van der Waals surface area contributed by atoms with Crippen LogP contribution in [0.2, 0.25) is 0 Å². The second kappa shape index (κ2) is 5.28. The summed E-state index contributed by atoms with van der Waals surface area (Å²) in [5.41, 5.74) is -1.25. The maximum atomic E-state index is 12.8. The van der Waals surface area contributed by atoms with Crippen LogP contribution in [-0.2, 0) is 6.18 Å². The molecule has 1 aliphatic rings. The minimum atomic E-state index is -4.60. The van der Waals surface area contributed by atoms with Crippen LogP contribution in [0.4, 0.5) is 18.0 Å². The zero-order valence-corrected chi connectivity index (χ0v) is 11.8. The Morgan fingerprint density at radius 3 is 2.52 bits per heavy atom. The number of hydrogen-bond donors (Lipinski definition) is 2. The van der Waals surface area contributed by atoms with Crippen molar-refractivity contribution < 1.29 is 23.1 Å². The van der Waals surface area contributed by atoms with Gasteiger partial charge in [0.25, 0.3) is 5.56 Å². The van der Waals surface area contributed by atoms with Crippen LogP contribution in [0.3, 0.4) is 0 Å². The van der Waals surface area contributed by atoms with Gasteiger partial charge in [0, 0.05) is 31.1 Å². The van der Waals surface area contributed by atoms with Gasteiger partial charge < -0.3 is 15.0 Å². The first-order valence-corrected chi connectivity index (χ1v) is 6.94. The molecule has 2 aromatic rings. The van der Waals surface area contributed by atoms with E-state index in [1.165, 1.54) is 11.0 Å². The van der Waals surface area contributed by atoms with E-state index in [-0.39, 0.29) is 24.7 Å². The van der Waals surface area contributed by atoms with Crippen LogP contribution in [0, 0.1) is 0 Å². The minimum Gasteiger partial charge on any atom is -0.465 e. The fourth-order valence-electron chi connectivity index (χ4n) is 2.82. The summed E-state index contributed by atoms with van der Waals surface area (Å²) in [6.07, 6.45) is -4.79. The fraction of sp³-hybridized carbons (Fsp3) is 0.462. The molecule has 2 N–H and O–H groups in total. The SMILES string of the molecule is O=C(O)N1CCC(c2cc(=O)[nH]c3cc(C(F)(F)F)nn23)CC1. The average Bonchev–Trinajstić information content (AvgIpc) is 2.90. The van der Waals surface area contributed by atoms with Crippen LogP contribution < -0.4 is 5.56 Å². The molecule has 0 aliphatic carbocycles. The van der Waals surface area contributed by atoms with Crippen molar-refractivity contribution in [1.29, 1.82) is 0 Å². The number of carboxylic acid groups (broad SMARTS) is 1. The maximum Gasteiger partial charge on any atom is 0.435 e. The molecule has 0 spiro atoms. The zero-order valence-electron chi connectivity index (χ0n) is 11.8. The Hall–Kier alpha value is -2.52. The molecule has 3 rings (SSSR count). The molecule has 0 bridgehead atoms. The van der Waals surface area contributed by atoms with E-state index in [4.69, 9.17) is 5.11 Å². The topological polar surface area (TPSA) is 90.7 Å². The summed E-state index contributed by atoms with van der Waals surface area (Å²) in [4.78, 5) is 26.2. The quantitative estimate of drug-likeness (QED) is 0.835. The lowest BCUT2D eigenvalue weighted by molar-refractivity contribution is -0.141. The Morgan fingerprint density at radius 2 is 1.96 bits per heavy atom. The van der Waals surface area contributed by atoms with Gasteiger partial charge in [-0.3, -0.25) is 4.79 Å². The summed E-state index contributed by atoms with van der Waals surface area (Å²) in [7, 11) is 0. The number of fused-ring (bicyclic) bond motifs is 1. The van der Waals surface area contributed by atoms with Crippen LogP contribution in [0.15, 0.2) is 16.9 Å². The van der Waals surface area contributed by atoms with Gasteiger partial charge in [0.1, 0.15) is 5.65 Å². The first-order valence-electron chi connectivity index (χ1n) is 6.94. The van der Waals surface area contributed by atoms with Gasteiger partial charge in [-0.1, -0.05) is 0 Å². The second-order valence-corrected chi connectivity index (χ2v) is 5.43. The van der Waals surface area contributed by atoms with Crippen molar-refractivity contribution in [3.05, 3.63) is 33.9 Å². The van der Waals surface area contributed by atoms with Gasteiger partial charge in [-0.05, 0) is 12.8 Å². The van der Waals surface area contributed by atoms with Crippen molar-refractivity contribution >= 4 is 11.7 Å². The van der Waals surface area contributed by atoms with E-state index in [0.717, 1.165) is 10.6 Å². The first-order chi connectivity index (χ1) is 10.8. The van der Waals surface area contributed by atoms with Crippen LogP contribution in [-0.4, -0.2) is 43.8 Å². The number of alkyl halides is 3. The number of nitrogens with one attached hydrogen (secondary N) is 1. The molecule has 3 heterocycles. The van der Waals surface area contributed by atoms with Crippen LogP contribution >= 0.6 is 0 Å². The van der Waals surface area contributed by atoms with Crippen molar-refractivity contribution in [2.75, 3.05) is 13.1 Å². The molecule has 0 unspecified atom stereocenters. The Kier molecular flexibility index (Phi) is 3.53. The summed E-state index contributed by atoms with van der Waals surface area (Å²) < 4.78 is 39.5. The summed E-state index contributed by atoms with van der Waals surface area (Å²) >= 11 is 0. The molecule has 1 amide bonds. The third kappa shape index (κ3) is 2.88. The number of rotatable bonds is 1. The molecule has 0 radical (unpaired) electrons. The van der Waals surface area contributed by atoms with Gasteiger partial charge in [-0.25, -0.2) is 9.31 Å². The normalized spacial score (nSPS) is 16.9. The molecule has 0 aromatic carbocycles. The van der Waals surface area contributed by atoms with E-state index in [0.29, 0.717) is 18.5 Å². The van der Waals surface area contributed by atoms with Crippen LogP contribution in [0.5, 0.6) is 0 Å². The molecule has 23 heavy (non-hydrogen) atoms. The predicted molar refractivity (Wildman–Crippen MR) is 72.4 cm³/mol. The number of carbonyl (C=O) groups is 1. The van der Waals surface area contributed by atoms with Crippen LogP contribution in [0.25, 0.3) is 5.65 Å². The smallest absolute Gasteiger partial charge is 0.435 e. The fourth-order valence-corrected chi connectivity index (χ4v) is 2.82. The van der Waals surface area contributed by atoms with E-state index in [2.05, 4.69) is 10.1 Å². The van der Waals surface area contributed by atoms with E-state index in [1.54, 1.807) is 0 Å². The summed E-state index contributed by atoms with van der Waals surface area (Å²) in [5, 5.41) is 12.5. The monoisotopic (exact) mass is 330 g/mol. The van der Waals surface area contributed by atoms with Gasteiger partial charge in [0.2, 0.25) is 0 Å². The highest BCUT2D eigenvalue weighted by atomic mass is 19.4. The Bertz CT molecular complexity index is 803. The maximum absolute atomic E-state index is 12.8. The minimum absolute atomic E-state index is 0.0273. The number of aromatic nitrogens is 3. The number of hydrogen-bond acceptors (Lipinski definition) is 3. The van der Waals surface area contributed by atoms with Crippen molar-refractivity contribution in [2.45, 2.75) is 24.9 Å². The molecule has 1 saturated heterocycles. The number of likely N-dealkylation sites (tertiary alicyclic amines) is 1. The van der Waals surface area contributed by atoms with Gasteiger partial charge >= 0.3 is 12.3 Å². The van der Waals surface area contributed by atoms with Gasteiger partial charge in [0.05, 0.1) is 5.69 Å². The number of amides is 1. The van der Waals surface area contributed by atoms with Gasteiger partial charge in [0.15, 0.2) is 5.69 Å². The molecular weight excluding hydrogens is 317 g/mol. The highest BCUT2D eigenvalue weighted by Crippen LogP contribution is 2.31. The molecule has 0 saturated carbocycles. The number of nitrogens with zero attached hydrogens (tertiary/aromatic N) is 3. The number of piperidine rings is 1. The lowest BCUT2D eigenvalue weighted by atomic mass is 9.93. The Labute approximate surface area is 127 Å². The summed E-state index contributed by atoms with van der Waals surface area (Å²) in [5.74, 6) is -0.226. The largest absolute Gasteiger partial charge is 0.465 e. The molecule has 1 aliphatic heterocycles. The third-order valence-electron chi connectivity index (χ3n) is 3.96. The van der Waals surface area contributed by atoms with Crippen LogP contribution in [0.1, 0.15) is 30.1 Å². The van der Waals surface area contributed by atoms with Crippen molar-refractivity contribution in [1.82, 2.24) is 19.5 Å². The summed E-state index contributed by atoms with van der Waals surface area (Å²) in [6.45, 7) is 0.531. The number of H-pyrrole nitrogens is 1. The van der Waals surface area contributed by atoms with Crippen molar-refractivity contribution in [3.8, 4) is 0 Å². The first kappa shape index (κ1) is 15.4. The molecule has 2 aromatic heterocycles. The molecule has 0 atom stereocenters. The lowest BCUT2D eigenvalue weighted by Crippen LogP contribution is -2.37. The Morgan fingerprint density at radius 1 is 1.30 bits per heavy atom. The molecule has 124 valence electrons. The van der Waals surface area contributed by atoms with Crippen molar-refractivity contribution in [3.63, 3.8) is 0 Å². The summed E-state index contributed by atoms with van der Waals surface area (Å²) in [6, 6.07) is 2.01. The lowest BCUT2D eigenvalue weighted by Gasteiger charge is -2.30. The highest BCUT2D eigenvalue weighted by molar-refractivity contribution is 5.65. The number of halogens is 3.